The zero-order valence-corrected chi connectivity index (χ0v) is 12.4. The number of hydrogen-bond acceptors (Lipinski definition) is 3. The number of hydrogen-bond donors (Lipinski definition) is 2. The van der Waals surface area contributed by atoms with Crippen LogP contribution in [-0.2, 0) is 11.3 Å². The van der Waals surface area contributed by atoms with E-state index in [1.165, 1.54) is 0 Å². The van der Waals surface area contributed by atoms with Crippen molar-refractivity contribution in [1.82, 2.24) is 10.2 Å². The van der Waals surface area contributed by atoms with Crippen molar-refractivity contribution in [1.29, 1.82) is 0 Å². The van der Waals surface area contributed by atoms with Gasteiger partial charge in [-0.3, -0.25) is 0 Å². The Labute approximate surface area is 124 Å². The number of rotatable bonds is 5. The minimum absolute atomic E-state index is 0.132. The van der Waals surface area contributed by atoms with Crippen LogP contribution < -0.4 is 10.6 Å². The monoisotopic (exact) mass is 291 g/mol. The van der Waals surface area contributed by atoms with Gasteiger partial charge in [0.1, 0.15) is 6.61 Å². The Balaban J connectivity index is 1.94. The van der Waals surface area contributed by atoms with E-state index >= 15 is 0 Å². The van der Waals surface area contributed by atoms with E-state index in [1.807, 2.05) is 38.1 Å². The molecule has 0 aliphatic carbocycles. The second kappa shape index (κ2) is 6.97. The van der Waals surface area contributed by atoms with Crippen molar-refractivity contribution < 1.29 is 14.3 Å². The van der Waals surface area contributed by atoms with Crippen molar-refractivity contribution in [2.75, 3.05) is 18.5 Å². The predicted octanol–water partition coefficient (Wildman–Crippen LogP) is 2.56. The molecule has 6 nitrogen and oxygen atoms in total. The zero-order valence-electron chi connectivity index (χ0n) is 12.4. The molecule has 21 heavy (non-hydrogen) atoms. The van der Waals surface area contributed by atoms with Crippen LogP contribution in [0.15, 0.2) is 24.3 Å². The second-order valence-corrected chi connectivity index (χ2v) is 5.14. The van der Waals surface area contributed by atoms with Gasteiger partial charge in [-0.25, -0.2) is 9.59 Å². The Morgan fingerprint density at radius 3 is 2.95 bits per heavy atom. The van der Waals surface area contributed by atoms with Crippen molar-refractivity contribution in [3.05, 3.63) is 29.8 Å². The van der Waals surface area contributed by atoms with Crippen molar-refractivity contribution in [3.63, 3.8) is 0 Å². The number of anilines is 1. The molecule has 2 rings (SSSR count). The topological polar surface area (TPSA) is 70.7 Å². The van der Waals surface area contributed by atoms with E-state index in [0.29, 0.717) is 25.4 Å². The molecule has 1 aromatic rings. The highest BCUT2D eigenvalue weighted by molar-refractivity contribution is 5.89. The third-order valence-corrected chi connectivity index (χ3v) is 3.39. The summed E-state index contributed by atoms with van der Waals surface area (Å²) in [7, 11) is 0. The highest BCUT2D eigenvalue weighted by atomic mass is 16.6. The number of benzene rings is 1. The predicted molar refractivity (Wildman–Crippen MR) is 80.1 cm³/mol. The van der Waals surface area contributed by atoms with E-state index in [1.54, 1.807) is 4.90 Å². The fourth-order valence-electron chi connectivity index (χ4n) is 2.03. The van der Waals surface area contributed by atoms with Crippen LogP contribution in [0, 0.1) is 0 Å². The van der Waals surface area contributed by atoms with Gasteiger partial charge in [0.25, 0.3) is 0 Å². The smallest absolute Gasteiger partial charge is 0.410 e. The first-order valence-electron chi connectivity index (χ1n) is 7.16. The molecule has 1 heterocycles. The van der Waals surface area contributed by atoms with Crippen LogP contribution in [0.1, 0.15) is 25.8 Å². The van der Waals surface area contributed by atoms with Gasteiger partial charge in [-0.15, -0.1) is 0 Å². The summed E-state index contributed by atoms with van der Waals surface area (Å²) in [6.07, 6.45) is 0.590. The number of amides is 3. The molecular formula is C15H21N3O3. The standard InChI is InChI=1S/C15H21N3O3/c1-3-11(2)16-14(19)17-13-6-4-5-12(9-13)10-18-7-8-21-15(18)20/h4-6,9,11H,3,7-8,10H2,1-2H3,(H2,16,17,19)/t11-/m0/s1. The van der Waals surface area contributed by atoms with E-state index in [4.69, 9.17) is 4.74 Å². The third-order valence-electron chi connectivity index (χ3n) is 3.39. The molecule has 1 aliphatic heterocycles. The fraction of sp³-hybridized carbons (Fsp3) is 0.467. The number of carbonyl (C=O) groups excluding carboxylic acids is 2. The lowest BCUT2D eigenvalue weighted by molar-refractivity contribution is 0.157. The summed E-state index contributed by atoms with van der Waals surface area (Å²) < 4.78 is 4.90. The summed E-state index contributed by atoms with van der Waals surface area (Å²) in [6.45, 7) is 5.50. The molecular weight excluding hydrogens is 270 g/mol. The minimum atomic E-state index is -0.289. The molecule has 114 valence electrons. The van der Waals surface area contributed by atoms with Gasteiger partial charge in [-0.1, -0.05) is 19.1 Å². The number of nitrogens with zero attached hydrogens (tertiary/aromatic N) is 1. The van der Waals surface area contributed by atoms with Crippen LogP contribution in [0.25, 0.3) is 0 Å². The number of ether oxygens (including phenoxy) is 1. The Hall–Kier alpha value is -2.24. The lowest BCUT2D eigenvalue weighted by Crippen LogP contribution is -2.35. The molecule has 3 amide bonds. The first-order valence-corrected chi connectivity index (χ1v) is 7.16. The van der Waals surface area contributed by atoms with Crippen LogP contribution >= 0.6 is 0 Å². The SMILES string of the molecule is CC[C@H](C)NC(=O)Nc1cccc(CN2CCOC2=O)c1. The number of cyclic esters (lactones) is 1. The summed E-state index contributed by atoms with van der Waals surface area (Å²) in [5.74, 6) is 0. The third kappa shape index (κ3) is 4.37. The molecule has 0 spiro atoms. The number of urea groups is 1. The Kier molecular flexibility index (Phi) is 5.03. The molecule has 0 aromatic heterocycles. The average molecular weight is 291 g/mol. The van der Waals surface area contributed by atoms with E-state index in [0.717, 1.165) is 12.0 Å². The van der Waals surface area contributed by atoms with Gasteiger partial charge in [0.15, 0.2) is 0 Å². The van der Waals surface area contributed by atoms with Crippen molar-refractivity contribution >= 4 is 17.8 Å². The summed E-state index contributed by atoms with van der Waals surface area (Å²) in [6, 6.07) is 7.37. The van der Waals surface area contributed by atoms with Crippen LogP contribution in [0.3, 0.4) is 0 Å². The number of nitrogens with one attached hydrogen (secondary N) is 2. The van der Waals surface area contributed by atoms with Crippen molar-refractivity contribution in [3.8, 4) is 0 Å². The molecule has 1 atom stereocenters. The quantitative estimate of drug-likeness (QED) is 0.876. The molecule has 0 bridgehead atoms. The second-order valence-electron chi connectivity index (χ2n) is 5.14. The number of carbonyl (C=O) groups is 2. The van der Waals surface area contributed by atoms with Gasteiger partial charge in [0.2, 0.25) is 0 Å². The molecule has 1 aromatic carbocycles. The first-order chi connectivity index (χ1) is 10.1. The minimum Gasteiger partial charge on any atom is -0.448 e. The van der Waals surface area contributed by atoms with Crippen molar-refractivity contribution in [2.45, 2.75) is 32.9 Å². The summed E-state index contributed by atoms with van der Waals surface area (Å²) in [5, 5.41) is 5.64. The van der Waals surface area contributed by atoms with E-state index in [9.17, 15) is 9.59 Å². The molecule has 0 radical (unpaired) electrons. The first kappa shape index (κ1) is 15.2. The fourth-order valence-corrected chi connectivity index (χ4v) is 2.03. The van der Waals surface area contributed by atoms with Gasteiger partial charge in [-0.2, -0.15) is 0 Å². The van der Waals surface area contributed by atoms with E-state index < -0.39 is 0 Å². The molecule has 0 unspecified atom stereocenters. The van der Waals surface area contributed by atoms with Gasteiger partial charge >= 0.3 is 12.1 Å². The molecule has 1 aliphatic rings. The molecule has 6 heteroatoms. The highest BCUT2D eigenvalue weighted by Gasteiger charge is 2.21. The molecule has 2 N–H and O–H groups in total. The van der Waals surface area contributed by atoms with Crippen LogP contribution in [0.4, 0.5) is 15.3 Å². The summed E-state index contributed by atoms with van der Waals surface area (Å²) >= 11 is 0. The maximum absolute atomic E-state index is 11.8. The Morgan fingerprint density at radius 1 is 1.48 bits per heavy atom. The van der Waals surface area contributed by atoms with E-state index in [-0.39, 0.29) is 18.2 Å². The maximum Gasteiger partial charge on any atom is 0.410 e. The average Bonchev–Trinajstić information content (AvgIpc) is 2.84. The van der Waals surface area contributed by atoms with Crippen LogP contribution in [0.2, 0.25) is 0 Å². The Morgan fingerprint density at radius 2 is 2.29 bits per heavy atom. The molecule has 0 saturated carbocycles. The Bertz CT molecular complexity index is 519. The lowest BCUT2D eigenvalue weighted by atomic mass is 10.2. The van der Waals surface area contributed by atoms with Gasteiger partial charge in [-0.05, 0) is 31.0 Å². The van der Waals surface area contributed by atoms with Gasteiger partial charge in [0.05, 0.1) is 6.54 Å². The molecule has 1 saturated heterocycles. The van der Waals surface area contributed by atoms with Gasteiger partial charge < -0.3 is 20.3 Å². The van der Waals surface area contributed by atoms with Crippen LogP contribution in [0.5, 0.6) is 0 Å². The highest BCUT2D eigenvalue weighted by Crippen LogP contribution is 2.15. The summed E-state index contributed by atoms with van der Waals surface area (Å²) in [4.78, 5) is 24.8. The summed E-state index contributed by atoms with van der Waals surface area (Å²) in [5.41, 5.74) is 1.66. The zero-order chi connectivity index (χ0) is 15.2. The largest absolute Gasteiger partial charge is 0.448 e. The maximum atomic E-state index is 11.8. The molecule has 1 fully saturated rings. The van der Waals surface area contributed by atoms with Crippen LogP contribution in [-0.4, -0.2) is 36.2 Å². The van der Waals surface area contributed by atoms with Gasteiger partial charge in [0, 0.05) is 18.3 Å². The van der Waals surface area contributed by atoms with Crippen molar-refractivity contribution in [2.24, 2.45) is 0 Å². The lowest BCUT2D eigenvalue weighted by Gasteiger charge is -2.15. The van der Waals surface area contributed by atoms with E-state index in [2.05, 4.69) is 10.6 Å². The normalized spacial score (nSPS) is 15.5.